The largest absolute Gasteiger partial charge is 0.433 e. The minimum absolute atomic E-state index is 0.149. The average Bonchev–Trinajstić information content (AvgIpc) is 3.43. The second-order valence-electron chi connectivity index (χ2n) is 7.66. The van der Waals surface area contributed by atoms with Crippen molar-refractivity contribution in [3.8, 4) is 11.4 Å². The maximum Gasteiger partial charge on any atom is 0.433 e. The van der Waals surface area contributed by atoms with E-state index in [0.717, 1.165) is 21.0 Å². The number of carbonyl (C=O) groups is 1. The molecule has 0 radical (unpaired) electrons. The van der Waals surface area contributed by atoms with Gasteiger partial charge in [0.25, 0.3) is 5.91 Å². The molecule has 5 rings (SSSR count). The fourth-order valence-electron chi connectivity index (χ4n) is 4.29. The second kappa shape index (κ2) is 7.12. The van der Waals surface area contributed by atoms with Crippen LogP contribution in [-0.2, 0) is 26.7 Å². The number of amides is 1. The minimum Gasteiger partial charge on any atom is -0.330 e. The highest BCUT2D eigenvalue weighted by Gasteiger charge is 2.38. The lowest BCUT2D eigenvalue weighted by atomic mass is 9.96. The first-order valence-electron chi connectivity index (χ1n) is 9.83. The molecule has 4 aromatic rings. The Kier molecular flexibility index (Phi) is 4.59. The highest BCUT2D eigenvalue weighted by atomic mass is 32.1. The molecule has 8 nitrogen and oxygen atoms in total. The number of thiazole rings is 1. The molecule has 166 valence electrons. The van der Waals surface area contributed by atoms with Gasteiger partial charge >= 0.3 is 6.18 Å². The number of hydrogen-bond donors (Lipinski definition) is 0. The van der Waals surface area contributed by atoms with Gasteiger partial charge < -0.3 is 4.90 Å². The summed E-state index contributed by atoms with van der Waals surface area (Å²) in [4.78, 5) is 23.4. The lowest BCUT2D eigenvalue weighted by Gasteiger charge is -2.33. The summed E-state index contributed by atoms with van der Waals surface area (Å²) < 4.78 is 42.9. The van der Waals surface area contributed by atoms with Crippen LogP contribution in [0.4, 0.5) is 13.2 Å². The van der Waals surface area contributed by atoms with Gasteiger partial charge in [-0.05, 0) is 25.5 Å². The molecule has 32 heavy (non-hydrogen) atoms. The first-order valence-corrected chi connectivity index (χ1v) is 10.7. The van der Waals surface area contributed by atoms with Crippen molar-refractivity contribution in [1.29, 1.82) is 0 Å². The number of aromatic nitrogens is 6. The maximum atomic E-state index is 13.4. The number of nitrogens with zero attached hydrogens (tertiary/aromatic N) is 7. The van der Waals surface area contributed by atoms with Gasteiger partial charge in [0.1, 0.15) is 11.4 Å². The molecule has 0 fully saturated rings. The van der Waals surface area contributed by atoms with Crippen molar-refractivity contribution in [3.63, 3.8) is 0 Å². The van der Waals surface area contributed by atoms with Crippen molar-refractivity contribution in [2.24, 2.45) is 14.1 Å². The van der Waals surface area contributed by atoms with Crippen LogP contribution in [0.15, 0.2) is 23.8 Å². The summed E-state index contributed by atoms with van der Waals surface area (Å²) >= 11 is 1.36. The summed E-state index contributed by atoms with van der Waals surface area (Å²) in [6, 6.07) is 2.37. The Morgan fingerprint density at radius 2 is 1.97 bits per heavy atom. The normalized spacial score (nSPS) is 16.6. The van der Waals surface area contributed by atoms with Gasteiger partial charge in [0.2, 0.25) is 0 Å². The Bertz CT molecular complexity index is 1350. The van der Waals surface area contributed by atoms with Gasteiger partial charge in [0, 0.05) is 32.4 Å². The van der Waals surface area contributed by atoms with Crippen LogP contribution in [0.1, 0.15) is 40.3 Å². The first-order chi connectivity index (χ1) is 15.2. The smallest absolute Gasteiger partial charge is 0.330 e. The number of hydrogen-bond acceptors (Lipinski definition) is 6. The predicted molar refractivity (Wildman–Crippen MR) is 111 cm³/mol. The van der Waals surface area contributed by atoms with Gasteiger partial charge in [-0.15, -0.1) is 11.3 Å². The molecule has 4 aromatic heterocycles. The molecule has 0 spiro atoms. The highest BCUT2D eigenvalue weighted by molar-refractivity contribution is 7.17. The van der Waals surface area contributed by atoms with Crippen LogP contribution < -0.4 is 0 Å². The van der Waals surface area contributed by atoms with Gasteiger partial charge in [0.05, 0.1) is 33.2 Å². The number of halogens is 3. The van der Waals surface area contributed by atoms with Crippen LogP contribution in [0.3, 0.4) is 0 Å². The zero-order valence-corrected chi connectivity index (χ0v) is 18.2. The number of pyridine rings is 1. The van der Waals surface area contributed by atoms with Crippen LogP contribution in [-0.4, -0.2) is 46.9 Å². The third kappa shape index (κ3) is 3.08. The fourth-order valence-corrected chi connectivity index (χ4v) is 5.04. The van der Waals surface area contributed by atoms with Crippen molar-refractivity contribution < 1.29 is 18.0 Å². The summed E-state index contributed by atoms with van der Waals surface area (Å²) in [6.45, 7) is 2.28. The van der Waals surface area contributed by atoms with Gasteiger partial charge in [-0.2, -0.15) is 23.4 Å². The molecule has 0 saturated carbocycles. The third-order valence-corrected chi connectivity index (χ3v) is 6.63. The monoisotopic (exact) mass is 461 g/mol. The zero-order chi connectivity index (χ0) is 22.8. The van der Waals surface area contributed by atoms with Crippen LogP contribution in [0.25, 0.3) is 21.7 Å². The summed E-state index contributed by atoms with van der Waals surface area (Å²) in [5, 5.41) is 8.64. The zero-order valence-electron chi connectivity index (χ0n) is 17.4. The molecule has 1 atom stereocenters. The quantitative estimate of drug-likeness (QED) is 0.456. The van der Waals surface area contributed by atoms with E-state index in [1.807, 2.05) is 6.92 Å². The van der Waals surface area contributed by atoms with E-state index < -0.39 is 11.9 Å². The molecule has 1 aliphatic rings. The number of aryl methyl sites for hydroxylation is 2. The molecule has 1 unspecified atom stereocenters. The van der Waals surface area contributed by atoms with E-state index in [-0.39, 0.29) is 17.6 Å². The van der Waals surface area contributed by atoms with E-state index in [1.165, 1.54) is 18.4 Å². The number of fused-ring (bicyclic) bond motifs is 2. The standard InChI is InChI=1S/C20H18F3N7OS/c1-10-15-11(16(29(3)27-15)13-8-14(20(21,22)23)28(2)26-13)5-7-30(10)19(31)12-4-6-24-18-17(12)32-9-25-18/h4,6,8-10H,5,7H2,1-3H3. The molecule has 0 bridgehead atoms. The van der Waals surface area contributed by atoms with Crippen LogP contribution >= 0.6 is 11.3 Å². The summed E-state index contributed by atoms with van der Waals surface area (Å²) in [6.07, 6.45) is -2.47. The molecule has 12 heteroatoms. The summed E-state index contributed by atoms with van der Waals surface area (Å²) in [7, 11) is 2.95. The molecule has 5 heterocycles. The van der Waals surface area contributed by atoms with E-state index in [9.17, 15) is 18.0 Å². The fraction of sp³-hybridized carbons (Fsp3) is 0.350. The minimum atomic E-state index is -4.50. The van der Waals surface area contributed by atoms with Crippen molar-refractivity contribution in [2.45, 2.75) is 25.6 Å². The Morgan fingerprint density at radius 3 is 2.69 bits per heavy atom. The SMILES string of the molecule is CC1c2nn(C)c(-c3cc(C(F)(F)F)n(C)n3)c2CCN1C(=O)c1ccnc2ncsc12. The Hall–Kier alpha value is -3.28. The van der Waals surface area contributed by atoms with Gasteiger partial charge in [-0.25, -0.2) is 9.97 Å². The van der Waals surface area contributed by atoms with Crippen molar-refractivity contribution in [1.82, 2.24) is 34.4 Å². The molecule has 0 aromatic carbocycles. The van der Waals surface area contributed by atoms with E-state index in [1.54, 1.807) is 34.4 Å². The van der Waals surface area contributed by atoms with Crippen molar-refractivity contribution in [2.75, 3.05) is 6.54 Å². The molecule has 1 amide bonds. The number of rotatable bonds is 2. The third-order valence-electron chi connectivity index (χ3n) is 5.78. The van der Waals surface area contributed by atoms with Crippen LogP contribution in [0.5, 0.6) is 0 Å². The van der Waals surface area contributed by atoms with Crippen molar-refractivity contribution in [3.05, 3.63) is 46.4 Å². The highest BCUT2D eigenvalue weighted by Crippen LogP contribution is 2.38. The molecule has 0 saturated heterocycles. The van der Waals surface area contributed by atoms with E-state index in [0.29, 0.717) is 35.6 Å². The number of alkyl halides is 3. The average molecular weight is 461 g/mol. The summed E-state index contributed by atoms with van der Waals surface area (Å²) in [5.74, 6) is -0.149. The van der Waals surface area contributed by atoms with E-state index in [4.69, 9.17) is 0 Å². The Labute approximate surface area is 184 Å². The Balaban J connectivity index is 1.52. The predicted octanol–water partition coefficient (Wildman–Crippen LogP) is 3.60. The van der Waals surface area contributed by atoms with Crippen LogP contribution in [0, 0.1) is 0 Å². The number of carbonyl (C=O) groups excluding carboxylic acids is 1. The lowest BCUT2D eigenvalue weighted by molar-refractivity contribution is -0.143. The van der Waals surface area contributed by atoms with Gasteiger partial charge in [-0.3, -0.25) is 14.2 Å². The van der Waals surface area contributed by atoms with Crippen molar-refractivity contribution >= 4 is 27.6 Å². The Morgan fingerprint density at radius 1 is 1.19 bits per heavy atom. The molecule has 0 N–H and O–H groups in total. The molecular weight excluding hydrogens is 443 g/mol. The van der Waals surface area contributed by atoms with Gasteiger partial charge in [-0.1, -0.05) is 0 Å². The first kappa shape index (κ1) is 20.6. The molecular formula is C20H18F3N7OS. The molecule has 1 aliphatic heterocycles. The topological polar surface area (TPSA) is 81.7 Å². The summed E-state index contributed by atoms with van der Waals surface area (Å²) in [5.41, 5.74) is 4.12. The molecule has 0 aliphatic carbocycles. The van der Waals surface area contributed by atoms with E-state index >= 15 is 0 Å². The van der Waals surface area contributed by atoms with Crippen LogP contribution in [0.2, 0.25) is 0 Å². The second-order valence-corrected chi connectivity index (χ2v) is 8.52. The maximum absolute atomic E-state index is 13.4. The lowest BCUT2D eigenvalue weighted by Crippen LogP contribution is -2.39. The van der Waals surface area contributed by atoms with Gasteiger partial charge in [0.15, 0.2) is 5.65 Å². The van der Waals surface area contributed by atoms with E-state index in [2.05, 4.69) is 20.2 Å².